The average Bonchev–Trinajstić information content (AvgIpc) is 3.27. The van der Waals surface area contributed by atoms with Gasteiger partial charge in [-0.2, -0.15) is 9.67 Å². The Morgan fingerprint density at radius 3 is 2.38 bits per heavy atom. The van der Waals surface area contributed by atoms with Gasteiger partial charge >= 0.3 is 0 Å². The Labute approximate surface area is 190 Å². The number of carbonyl (C=O) groups excluding carboxylic acids is 1. The summed E-state index contributed by atoms with van der Waals surface area (Å²) in [5.74, 6) is 1.42. The number of halogens is 1. The first-order valence-corrected chi connectivity index (χ1v) is 10.2. The molecule has 0 saturated carbocycles. The van der Waals surface area contributed by atoms with Crippen molar-refractivity contribution >= 4 is 23.5 Å². The molecule has 1 aromatic heterocycles. The number of methoxy groups -OCH3 is 2. The van der Waals surface area contributed by atoms with E-state index in [9.17, 15) is 4.79 Å². The zero-order valence-corrected chi connectivity index (χ0v) is 18.3. The lowest BCUT2D eigenvalue weighted by Gasteiger charge is -2.10. The Balaban J connectivity index is 1.69. The van der Waals surface area contributed by atoms with Gasteiger partial charge in [-0.3, -0.25) is 4.79 Å². The molecule has 162 valence electrons. The molecule has 0 aliphatic heterocycles. The molecular formula is C24H21ClN4O3. The lowest BCUT2D eigenvalue weighted by molar-refractivity contribution is 0.0947. The highest BCUT2D eigenvalue weighted by molar-refractivity contribution is 6.30. The first-order chi connectivity index (χ1) is 15.6. The smallest absolute Gasteiger partial charge is 0.281 e. The number of hydrogen-bond donors (Lipinski definition) is 1. The molecule has 1 N–H and O–H groups in total. The predicted octanol–water partition coefficient (Wildman–Crippen LogP) is 4.92. The molecule has 4 rings (SSSR count). The summed E-state index contributed by atoms with van der Waals surface area (Å²) in [6.07, 6.45) is 0. The van der Waals surface area contributed by atoms with Crippen molar-refractivity contribution in [2.45, 2.75) is 6.54 Å². The Morgan fingerprint density at radius 2 is 1.69 bits per heavy atom. The lowest BCUT2D eigenvalue weighted by Crippen LogP contribution is -2.17. The summed E-state index contributed by atoms with van der Waals surface area (Å²) >= 11 is 5.97. The minimum absolute atomic E-state index is 0.332. The quantitative estimate of drug-likeness (QED) is 0.432. The summed E-state index contributed by atoms with van der Waals surface area (Å²) in [6.45, 7) is 0.448. The van der Waals surface area contributed by atoms with E-state index in [1.165, 1.54) is 11.8 Å². The number of nitrogens with zero attached hydrogens (tertiary/aromatic N) is 3. The topological polar surface area (TPSA) is 78.3 Å². The van der Waals surface area contributed by atoms with Crippen LogP contribution in [0.15, 0.2) is 72.8 Å². The van der Waals surface area contributed by atoms with E-state index in [1.807, 2.05) is 54.6 Å². The lowest BCUT2D eigenvalue weighted by atomic mass is 10.2. The first kappa shape index (κ1) is 21.4. The van der Waals surface area contributed by atoms with Gasteiger partial charge in [0.05, 0.1) is 14.2 Å². The van der Waals surface area contributed by atoms with E-state index >= 15 is 0 Å². The maximum atomic E-state index is 13.3. The van der Waals surface area contributed by atoms with Crippen LogP contribution in [0.3, 0.4) is 0 Å². The Bertz CT molecular complexity index is 1220. The van der Waals surface area contributed by atoms with Crippen LogP contribution in [0.1, 0.15) is 15.9 Å². The van der Waals surface area contributed by atoms with E-state index in [0.29, 0.717) is 40.4 Å². The largest absolute Gasteiger partial charge is 0.493 e. The number of ether oxygens (including phenoxy) is 2. The SMILES string of the molecule is COc1ccc(C(=O)n2nc(-c3ccccc3)nc2NCc2ccc(Cl)cc2)cc1OC. The summed E-state index contributed by atoms with van der Waals surface area (Å²) in [7, 11) is 3.07. The standard InChI is InChI=1S/C24H21ClN4O3/c1-31-20-13-10-18(14-21(20)32-2)23(30)29-24(26-15-16-8-11-19(25)12-9-16)27-22(28-29)17-6-4-3-5-7-17/h3-14H,15H2,1-2H3,(H,26,27,28). The van der Waals surface area contributed by atoms with Gasteiger partial charge in [-0.25, -0.2) is 0 Å². The third-order valence-electron chi connectivity index (χ3n) is 4.83. The molecule has 0 atom stereocenters. The van der Waals surface area contributed by atoms with Crippen molar-refractivity contribution in [2.75, 3.05) is 19.5 Å². The molecule has 32 heavy (non-hydrogen) atoms. The fourth-order valence-corrected chi connectivity index (χ4v) is 3.28. The van der Waals surface area contributed by atoms with Gasteiger partial charge in [0.2, 0.25) is 5.95 Å². The van der Waals surface area contributed by atoms with Crippen LogP contribution in [-0.2, 0) is 6.54 Å². The van der Waals surface area contributed by atoms with Crippen molar-refractivity contribution < 1.29 is 14.3 Å². The van der Waals surface area contributed by atoms with Crippen molar-refractivity contribution in [1.29, 1.82) is 0 Å². The number of benzene rings is 3. The van der Waals surface area contributed by atoms with Crippen molar-refractivity contribution in [3.05, 3.63) is 88.9 Å². The fraction of sp³-hybridized carbons (Fsp3) is 0.125. The van der Waals surface area contributed by atoms with Crippen LogP contribution in [-0.4, -0.2) is 34.9 Å². The molecule has 1 heterocycles. The molecule has 0 bridgehead atoms. The summed E-state index contributed by atoms with van der Waals surface area (Å²) in [4.78, 5) is 17.9. The number of carbonyl (C=O) groups is 1. The predicted molar refractivity (Wildman–Crippen MR) is 124 cm³/mol. The highest BCUT2D eigenvalue weighted by Crippen LogP contribution is 2.28. The molecule has 0 unspecified atom stereocenters. The van der Waals surface area contributed by atoms with Gasteiger partial charge in [0.1, 0.15) is 0 Å². The molecule has 0 aliphatic carbocycles. The maximum absolute atomic E-state index is 13.3. The monoisotopic (exact) mass is 448 g/mol. The van der Waals surface area contributed by atoms with Gasteiger partial charge in [-0.15, -0.1) is 5.10 Å². The van der Waals surface area contributed by atoms with E-state index in [4.69, 9.17) is 21.1 Å². The molecule has 0 fully saturated rings. The summed E-state index contributed by atoms with van der Waals surface area (Å²) in [6, 6.07) is 21.9. The van der Waals surface area contributed by atoms with Gasteiger partial charge in [0.25, 0.3) is 5.91 Å². The molecule has 4 aromatic rings. The molecule has 8 heteroatoms. The normalized spacial score (nSPS) is 10.6. The van der Waals surface area contributed by atoms with Crippen LogP contribution in [0.5, 0.6) is 11.5 Å². The molecule has 0 amide bonds. The highest BCUT2D eigenvalue weighted by Gasteiger charge is 2.20. The van der Waals surface area contributed by atoms with E-state index in [2.05, 4.69) is 15.4 Å². The van der Waals surface area contributed by atoms with Gasteiger partial charge in [0.15, 0.2) is 17.3 Å². The number of nitrogens with one attached hydrogen (secondary N) is 1. The number of aromatic nitrogens is 3. The van der Waals surface area contributed by atoms with Crippen molar-refractivity contribution in [1.82, 2.24) is 14.8 Å². The Hall–Kier alpha value is -3.84. The second kappa shape index (κ2) is 9.53. The number of rotatable bonds is 7. The van der Waals surface area contributed by atoms with E-state index in [0.717, 1.165) is 11.1 Å². The van der Waals surface area contributed by atoms with E-state index in [1.54, 1.807) is 25.3 Å². The van der Waals surface area contributed by atoms with Crippen LogP contribution in [0.25, 0.3) is 11.4 Å². The molecule has 7 nitrogen and oxygen atoms in total. The van der Waals surface area contributed by atoms with Gasteiger partial charge in [-0.1, -0.05) is 54.1 Å². The zero-order valence-electron chi connectivity index (χ0n) is 17.6. The summed E-state index contributed by atoms with van der Waals surface area (Å²) in [5.41, 5.74) is 2.19. The average molecular weight is 449 g/mol. The highest BCUT2D eigenvalue weighted by atomic mass is 35.5. The molecule has 0 radical (unpaired) electrons. The van der Waals surface area contributed by atoms with Gasteiger partial charge < -0.3 is 14.8 Å². The zero-order chi connectivity index (χ0) is 22.5. The fourth-order valence-electron chi connectivity index (χ4n) is 3.15. The van der Waals surface area contributed by atoms with Crippen molar-refractivity contribution in [3.63, 3.8) is 0 Å². The van der Waals surface area contributed by atoms with Gasteiger partial charge in [-0.05, 0) is 35.9 Å². The molecule has 0 aliphatic rings. The third-order valence-corrected chi connectivity index (χ3v) is 5.08. The summed E-state index contributed by atoms with van der Waals surface area (Å²) < 4.78 is 11.9. The minimum Gasteiger partial charge on any atom is -0.493 e. The van der Waals surface area contributed by atoms with Crippen LogP contribution in [0.4, 0.5) is 5.95 Å². The van der Waals surface area contributed by atoms with Gasteiger partial charge in [0, 0.05) is 22.7 Å². The maximum Gasteiger partial charge on any atom is 0.281 e. The second-order valence-corrected chi connectivity index (χ2v) is 7.33. The Morgan fingerprint density at radius 1 is 0.969 bits per heavy atom. The van der Waals surface area contributed by atoms with Crippen LogP contribution in [0.2, 0.25) is 5.02 Å². The molecule has 0 saturated heterocycles. The van der Waals surface area contributed by atoms with E-state index in [-0.39, 0.29) is 5.91 Å². The second-order valence-electron chi connectivity index (χ2n) is 6.89. The molecular weight excluding hydrogens is 428 g/mol. The molecule has 0 spiro atoms. The minimum atomic E-state index is -0.348. The number of anilines is 1. The Kier molecular flexibility index (Phi) is 6.37. The van der Waals surface area contributed by atoms with Crippen molar-refractivity contribution in [2.24, 2.45) is 0 Å². The summed E-state index contributed by atoms with van der Waals surface area (Å²) in [5, 5.41) is 8.35. The van der Waals surface area contributed by atoms with Crippen LogP contribution >= 0.6 is 11.6 Å². The van der Waals surface area contributed by atoms with E-state index < -0.39 is 0 Å². The third kappa shape index (κ3) is 4.58. The van der Waals surface area contributed by atoms with Crippen LogP contribution < -0.4 is 14.8 Å². The van der Waals surface area contributed by atoms with Crippen LogP contribution in [0, 0.1) is 0 Å². The first-order valence-electron chi connectivity index (χ1n) is 9.86. The molecule has 3 aromatic carbocycles. The number of hydrogen-bond acceptors (Lipinski definition) is 6. The van der Waals surface area contributed by atoms with Crippen molar-refractivity contribution in [3.8, 4) is 22.9 Å².